The van der Waals surface area contributed by atoms with E-state index in [0.29, 0.717) is 18.6 Å². The van der Waals surface area contributed by atoms with Crippen LogP contribution in [0.1, 0.15) is 41.5 Å². The van der Waals surface area contributed by atoms with Crippen LogP contribution in [0.4, 0.5) is 4.79 Å². The molecule has 6 heteroatoms. The van der Waals surface area contributed by atoms with Crippen LogP contribution in [0.25, 0.3) is 0 Å². The van der Waals surface area contributed by atoms with Crippen molar-refractivity contribution in [1.29, 1.82) is 0 Å². The number of nitrogens with zero attached hydrogens (tertiary/aromatic N) is 1. The van der Waals surface area contributed by atoms with Gasteiger partial charge in [-0.1, -0.05) is 0 Å². The van der Waals surface area contributed by atoms with Crippen LogP contribution in [0, 0.1) is 0 Å². The molecule has 0 atom stereocenters. The van der Waals surface area contributed by atoms with Gasteiger partial charge in [0, 0.05) is 25.2 Å². The Morgan fingerprint density at radius 3 is 2.00 bits per heavy atom. The lowest BCUT2D eigenvalue weighted by Crippen LogP contribution is -2.54. The summed E-state index contributed by atoms with van der Waals surface area (Å²) in [6, 6.07) is 0.348. The molecule has 2 amide bonds. The molecule has 112 valence electrons. The van der Waals surface area contributed by atoms with Gasteiger partial charge in [0.15, 0.2) is 0 Å². The fraction of sp³-hybridized carbons (Fsp3) is 0.846. The largest absolute Gasteiger partial charge is 0.480 e. The van der Waals surface area contributed by atoms with E-state index in [2.05, 4.69) is 43.2 Å². The number of carboxylic acid groups (broad SMARTS) is 1. The zero-order valence-corrected chi connectivity index (χ0v) is 12.8. The third kappa shape index (κ3) is 6.42. The van der Waals surface area contributed by atoms with Crippen LogP contribution in [0.5, 0.6) is 0 Å². The maximum Gasteiger partial charge on any atom is 0.328 e. The Kier molecular flexibility index (Phi) is 6.83. The summed E-state index contributed by atoms with van der Waals surface area (Å²) in [5, 5.41) is 14.0. The molecule has 3 N–H and O–H groups in total. The molecule has 0 saturated carbocycles. The molecule has 0 aliphatic rings. The van der Waals surface area contributed by atoms with Crippen molar-refractivity contribution in [1.82, 2.24) is 15.5 Å². The van der Waals surface area contributed by atoms with Crippen molar-refractivity contribution in [3.63, 3.8) is 0 Å². The Balaban J connectivity index is 4.14. The molecule has 0 rings (SSSR count). The molecule has 6 nitrogen and oxygen atoms in total. The van der Waals surface area contributed by atoms with Gasteiger partial charge >= 0.3 is 12.0 Å². The highest BCUT2D eigenvalue weighted by atomic mass is 16.4. The Morgan fingerprint density at radius 1 is 1.16 bits per heavy atom. The monoisotopic (exact) mass is 273 g/mol. The molecule has 0 aliphatic carbocycles. The van der Waals surface area contributed by atoms with Gasteiger partial charge in [0.1, 0.15) is 5.54 Å². The zero-order valence-electron chi connectivity index (χ0n) is 12.8. The molecule has 0 unspecified atom stereocenters. The molecule has 0 aromatic rings. The van der Waals surface area contributed by atoms with E-state index in [4.69, 9.17) is 5.11 Å². The maximum atomic E-state index is 11.6. The van der Waals surface area contributed by atoms with E-state index in [0.717, 1.165) is 6.54 Å². The average Bonchev–Trinajstić information content (AvgIpc) is 2.22. The van der Waals surface area contributed by atoms with Gasteiger partial charge < -0.3 is 15.7 Å². The Bertz CT molecular complexity index is 306. The minimum Gasteiger partial charge on any atom is -0.480 e. The number of nitrogens with one attached hydrogen (secondary N) is 2. The zero-order chi connectivity index (χ0) is 15.2. The third-order valence-corrected chi connectivity index (χ3v) is 2.94. The summed E-state index contributed by atoms with van der Waals surface area (Å²) in [6.45, 7) is 12.5. The predicted octanol–water partition coefficient (Wildman–Crippen LogP) is 1.27. The smallest absolute Gasteiger partial charge is 0.328 e. The number of carboxylic acids is 1. The summed E-state index contributed by atoms with van der Waals surface area (Å²) in [4.78, 5) is 24.7. The fourth-order valence-electron chi connectivity index (χ4n) is 1.79. The van der Waals surface area contributed by atoms with Gasteiger partial charge in [-0.15, -0.1) is 0 Å². The lowest BCUT2D eigenvalue weighted by Gasteiger charge is -2.30. The number of carbonyl (C=O) groups excluding carboxylic acids is 1. The van der Waals surface area contributed by atoms with Crippen molar-refractivity contribution in [2.24, 2.45) is 0 Å². The summed E-state index contributed by atoms with van der Waals surface area (Å²) >= 11 is 0. The molecule has 0 spiro atoms. The van der Waals surface area contributed by atoms with Gasteiger partial charge in [-0.3, -0.25) is 4.90 Å². The molecule has 0 aromatic carbocycles. The van der Waals surface area contributed by atoms with E-state index in [1.165, 1.54) is 13.8 Å². The maximum absolute atomic E-state index is 11.6. The average molecular weight is 273 g/mol. The molecule has 0 fully saturated rings. The van der Waals surface area contributed by atoms with Gasteiger partial charge in [-0.2, -0.15) is 0 Å². The predicted molar refractivity (Wildman–Crippen MR) is 75.2 cm³/mol. The molecular formula is C13H27N3O3. The van der Waals surface area contributed by atoms with Gasteiger partial charge in [0.05, 0.1) is 0 Å². The van der Waals surface area contributed by atoms with E-state index < -0.39 is 17.5 Å². The van der Waals surface area contributed by atoms with Gasteiger partial charge in [-0.05, 0) is 41.5 Å². The Labute approximate surface area is 115 Å². The number of rotatable bonds is 7. The van der Waals surface area contributed by atoms with Gasteiger partial charge in [0.2, 0.25) is 0 Å². The minimum atomic E-state index is -1.26. The molecule has 0 aromatic heterocycles. The van der Waals surface area contributed by atoms with E-state index in [1.807, 2.05) is 0 Å². The van der Waals surface area contributed by atoms with Crippen molar-refractivity contribution in [2.45, 2.75) is 59.2 Å². The summed E-state index contributed by atoms with van der Waals surface area (Å²) in [6.07, 6.45) is 0. The fourth-order valence-corrected chi connectivity index (χ4v) is 1.79. The highest BCUT2D eigenvalue weighted by molar-refractivity contribution is 5.85. The van der Waals surface area contributed by atoms with Crippen LogP contribution >= 0.6 is 0 Å². The van der Waals surface area contributed by atoms with E-state index in [1.54, 1.807) is 0 Å². The quantitative estimate of drug-likeness (QED) is 0.652. The molecule has 0 radical (unpaired) electrons. The van der Waals surface area contributed by atoms with Crippen LogP contribution in [0.3, 0.4) is 0 Å². The van der Waals surface area contributed by atoms with Crippen molar-refractivity contribution in [3.8, 4) is 0 Å². The summed E-state index contributed by atoms with van der Waals surface area (Å²) < 4.78 is 0. The van der Waals surface area contributed by atoms with Gasteiger partial charge in [-0.25, -0.2) is 9.59 Å². The number of amides is 2. The number of aliphatic carboxylic acids is 1. The summed E-state index contributed by atoms with van der Waals surface area (Å²) in [5.41, 5.74) is -1.26. The van der Waals surface area contributed by atoms with E-state index in [-0.39, 0.29) is 0 Å². The number of carbonyl (C=O) groups is 2. The highest BCUT2D eigenvalue weighted by Crippen LogP contribution is 2.03. The normalized spacial score (nSPS) is 12.1. The summed E-state index contributed by atoms with van der Waals surface area (Å²) in [7, 11) is 0. The van der Waals surface area contributed by atoms with Crippen molar-refractivity contribution in [3.05, 3.63) is 0 Å². The second-order valence-corrected chi connectivity index (χ2v) is 5.74. The van der Waals surface area contributed by atoms with Crippen LogP contribution in [-0.4, -0.2) is 52.7 Å². The number of hydrogen-bond acceptors (Lipinski definition) is 3. The van der Waals surface area contributed by atoms with Crippen molar-refractivity contribution in [2.75, 3.05) is 13.1 Å². The first-order chi connectivity index (χ1) is 8.58. The second kappa shape index (κ2) is 7.33. The number of hydrogen-bond donors (Lipinski definition) is 3. The SMILES string of the molecule is CC(C)N(CCNC(=O)NC(C)(C)C(=O)O)C(C)C. The first-order valence-corrected chi connectivity index (χ1v) is 6.63. The number of urea groups is 1. The van der Waals surface area contributed by atoms with Crippen molar-refractivity contribution >= 4 is 12.0 Å². The molecule has 0 heterocycles. The Hall–Kier alpha value is -1.30. The first-order valence-electron chi connectivity index (χ1n) is 6.63. The second-order valence-electron chi connectivity index (χ2n) is 5.74. The Morgan fingerprint density at radius 2 is 1.63 bits per heavy atom. The molecule has 0 bridgehead atoms. The lowest BCUT2D eigenvalue weighted by molar-refractivity contribution is -0.142. The third-order valence-electron chi connectivity index (χ3n) is 2.94. The van der Waals surface area contributed by atoms with E-state index in [9.17, 15) is 9.59 Å². The van der Waals surface area contributed by atoms with Crippen LogP contribution in [0.15, 0.2) is 0 Å². The lowest BCUT2D eigenvalue weighted by atomic mass is 10.1. The molecule has 0 saturated heterocycles. The van der Waals surface area contributed by atoms with Crippen molar-refractivity contribution < 1.29 is 14.7 Å². The van der Waals surface area contributed by atoms with Gasteiger partial charge in [0.25, 0.3) is 0 Å². The molecular weight excluding hydrogens is 246 g/mol. The topological polar surface area (TPSA) is 81.7 Å². The standard InChI is InChI=1S/C13H27N3O3/c1-9(2)16(10(3)4)8-7-14-12(19)15-13(5,6)11(17)18/h9-10H,7-8H2,1-6H3,(H,17,18)(H2,14,15,19). The van der Waals surface area contributed by atoms with Crippen LogP contribution in [0.2, 0.25) is 0 Å². The summed E-state index contributed by atoms with van der Waals surface area (Å²) in [5.74, 6) is -1.06. The minimum absolute atomic E-state index is 0.403. The molecule has 0 aliphatic heterocycles. The highest BCUT2D eigenvalue weighted by Gasteiger charge is 2.28. The molecule has 19 heavy (non-hydrogen) atoms. The van der Waals surface area contributed by atoms with Crippen LogP contribution in [-0.2, 0) is 4.79 Å². The van der Waals surface area contributed by atoms with Crippen LogP contribution < -0.4 is 10.6 Å². The van der Waals surface area contributed by atoms with E-state index >= 15 is 0 Å². The first kappa shape index (κ1) is 17.7.